The summed E-state index contributed by atoms with van der Waals surface area (Å²) in [7, 11) is 0. The zero-order valence-corrected chi connectivity index (χ0v) is 30.0. The number of H-pyrrole nitrogens is 1. The molecule has 16 heteroatoms. The van der Waals surface area contributed by atoms with Gasteiger partial charge in [-0.25, -0.2) is 4.98 Å². The van der Waals surface area contributed by atoms with Crippen molar-refractivity contribution in [2.24, 2.45) is 5.73 Å². The highest BCUT2D eigenvalue weighted by Gasteiger charge is 2.25. The molecule has 280 valence electrons. The second-order valence-electron chi connectivity index (χ2n) is 13.7. The lowest BCUT2D eigenvalue weighted by molar-refractivity contribution is -0.146. The molecule has 16 nitrogen and oxygen atoms in total. The molecule has 2 aliphatic rings. The third kappa shape index (κ3) is 10.9. The summed E-state index contributed by atoms with van der Waals surface area (Å²) in [5.41, 5.74) is 9.00. The van der Waals surface area contributed by atoms with Crippen molar-refractivity contribution in [3.05, 3.63) is 54.1 Å². The lowest BCUT2D eigenvalue weighted by atomic mass is 9.95. The van der Waals surface area contributed by atoms with Crippen molar-refractivity contribution in [3.63, 3.8) is 0 Å². The van der Waals surface area contributed by atoms with Gasteiger partial charge in [-0.15, -0.1) is 5.10 Å². The van der Waals surface area contributed by atoms with Gasteiger partial charge in [-0.3, -0.25) is 14.3 Å². The molecule has 0 radical (unpaired) electrons. The first-order valence-corrected chi connectivity index (χ1v) is 18.8. The Kier molecular flexibility index (Phi) is 13.7. The van der Waals surface area contributed by atoms with E-state index in [0.717, 1.165) is 56.3 Å². The molecule has 6 N–H and O–H groups in total. The maximum Gasteiger partial charge on any atom is 0.323 e. The smallest absolute Gasteiger partial charge is 0.323 e. The second-order valence-corrected chi connectivity index (χ2v) is 13.7. The summed E-state index contributed by atoms with van der Waals surface area (Å²) < 4.78 is 7.20. The van der Waals surface area contributed by atoms with Crippen molar-refractivity contribution in [1.82, 2.24) is 50.5 Å². The topological polar surface area (TPSA) is 197 Å². The highest BCUT2D eigenvalue weighted by molar-refractivity contribution is 5.84. The highest BCUT2D eigenvalue weighted by atomic mass is 16.5. The summed E-state index contributed by atoms with van der Waals surface area (Å²) in [6, 6.07) is 9.29. The van der Waals surface area contributed by atoms with Gasteiger partial charge < -0.3 is 41.2 Å². The van der Waals surface area contributed by atoms with Crippen LogP contribution in [0.1, 0.15) is 69.0 Å². The maximum absolute atomic E-state index is 13.0. The van der Waals surface area contributed by atoms with E-state index in [1.165, 1.54) is 32.1 Å². The number of aryl methyl sites for hydroxylation is 1. The number of nitrogens with one attached hydrogen (secondary N) is 4. The molecule has 6 rings (SSSR count). The largest absolute Gasteiger partial charge is 0.460 e. The van der Waals surface area contributed by atoms with Crippen molar-refractivity contribution in [3.8, 4) is 0 Å². The fourth-order valence-corrected chi connectivity index (χ4v) is 6.66. The Morgan fingerprint density at radius 2 is 1.81 bits per heavy atom. The van der Waals surface area contributed by atoms with E-state index in [1.807, 2.05) is 46.1 Å². The number of anilines is 2. The Bertz CT molecular complexity index is 1680. The minimum Gasteiger partial charge on any atom is -0.460 e. The number of esters is 1. The standard InChI is InChI=1S/C36H53N13O3/c37-30(35(51)52-25-27-9-3-1-4-10-27)13-14-31(50)47-19-21-48(22-20-47)36-43-33(32-34(44-36)42-26-41-32)40-23-29-24-49(46-45-29)18-8-16-38-15-7-17-39-28-11-5-2-6-12-28/h1,3-4,9-10,24,26,28,30,38-39H,2,5-8,11-23,25,37H2,(H2,40,41,42,43,44)/t30-/m0/s1. The molecule has 2 fully saturated rings. The zero-order valence-electron chi connectivity index (χ0n) is 30.0. The summed E-state index contributed by atoms with van der Waals surface area (Å²) in [4.78, 5) is 46.1. The molecule has 1 atom stereocenters. The van der Waals surface area contributed by atoms with Gasteiger partial charge in [-0.2, -0.15) is 9.97 Å². The molecule has 0 spiro atoms. The Morgan fingerprint density at radius 3 is 2.63 bits per heavy atom. The zero-order chi connectivity index (χ0) is 36.0. The number of rotatable bonds is 19. The van der Waals surface area contributed by atoms with Gasteiger partial charge in [0.1, 0.15) is 23.9 Å². The molecule has 52 heavy (non-hydrogen) atoms. The van der Waals surface area contributed by atoms with Crippen LogP contribution in [-0.4, -0.2) is 110 Å². The number of hydrogen-bond donors (Lipinski definition) is 5. The number of hydrogen-bond acceptors (Lipinski definition) is 13. The SMILES string of the molecule is N[C@@H](CCC(=O)N1CCN(c2nc(NCc3cn(CCCNCCCNC4CCCCC4)nn3)c3[nH]cnc3n2)CC1)C(=O)OCc1ccccc1. The molecular weight excluding hydrogens is 662 g/mol. The predicted octanol–water partition coefficient (Wildman–Crippen LogP) is 2.35. The lowest BCUT2D eigenvalue weighted by Gasteiger charge is -2.35. The first-order valence-electron chi connectivity index (χ1n) is 18.8. The maximum atomic E-state index is 13.0. The number of imidazole rings is 1. The third-order valence-electron chi connectivity index (χ3n) is 9.72. The number of benzene rings is 1. The van der Waals surface area contributed by atoms with Crippen LogP contribution in [0, 0.1) is 0 Å². The van der Waals surface area contributed by atoms with E-state index in [4.69, 9.17) is 15.5 Å². The van der Waals surface area contributed by atoms with Crippen molar-refractivity contribution in [2.45, 2.75) is 89.6 Å². The Hall–Kier alpha value is -4.67. The molecule has 3 aromatic heterocycles. The number of nitrogens with two attached hydrogens (primary N) is 1. The number of nitrogens with zero attached hydrogens (tertiary/aromatic N) is 8. The Morgan fingerprint density at radius 1 is 1.00 bits per heavy atom. The molecule has 0 bridgehead atoms. The summed E-state index contributed by atoms with van der Waals surface area (Å²) in [6.07, 6.45) is 12.9. The molecule has 1 saturated carbocycles. The fraction of sp³-hybridized carbons (Fsp3) is 0.583. The predicted molar refractivity (Wildman–Crippen MR) is 198 cm³/mol. The number of piperazine rings is 1. The van der Waals surface area contributed by atoms with Gasteiger partial charge in [0.15, 0.2) is 11.5 Å². The van der Waals surface area contributed by atoms with Gasteiger partial charge in [0.05, 0.1) is 19.1 Å². The van der Waals surface area contributed by atoms with E-state index in [2.05, 4.69) is 41.2 Å². The molecule has 4 heterocycles. The monoisotopic (exact) mass is 715 g/mol. The van der Waals surface area contributed by atoms with Crippen molar-refractivity contribution in [2.75, 3.05) is 56.0 Å². The van der Waals surface area contributed by atoms with Crippen LogP contribution < -0.4 is 26.6 Å². The molecule has 1 aromatic carbocycles. The van der Waals surface area contributed by atoms with E-state index in [1.54, 1.807) is 11.2 Å². The molecule has 1 saturated heterocycles. The second kappa shape index (κ2) is 19.2. The minimum atomic E-state index is -0.853. The highest BCUT2D eigenvalue weighted by Crippen LogP contribution is 2.22. The molecule has 1 amide bonds. The number of fused-ring (bicyclic) bond motifs is 1. The molecule has 1 aliphatic carbocycles. The fourth-order valence-electron chi connectivity index (χ4n) is 6.66. The molecular formula is C36H53N13O3. The van der Waals surface area contributed by atoms with Crippen LogP contribution >= 0.6 is 0 Å². The van der Waals surface area contributed by atoms with Gasteiger partial charge in [0.25, 0.3) is 0 Å². The van der Waals surface area contributed by atoms with Crippen molar-refractivity contribution >= 4 is 34.8 Å². The van der Waals surface area contributed by atoms with E-state index < -0.39 is 12.0 Å². The number of amides is 1. The van der Waals surface area contributed by atoms with Gasteiger partial charge in [-0.05, 0) is 57.3 Å². The van der Waals surface area contributed by atoms with E-state index in [0.29, 0.717) is 55.7 Å². The third-order valence-corrected chi connectivity index (χ3v) is 9.72. The van der Waals surface area contributed by atoms with Gasteiger partial charge >= 0.3 is 5.97 Å². The summed E-state index contributed by atoms with van der Waals surface area (Å²) >= 11 is 0. The van der Waals surface area contributed by atoms with Crippen LogP contribution in [0.15, 0.2) is 42.9 Å². The van der Waals surface area contributed by atoms with Crippen LogP contribution in [0.4, 0.5) is 11.8 Å². The van der Waals surface area contributed by atoms with Gasteiger partial charge in [-0.1, -0.05) is 54.8 Å². The molecule has 0 unspecified atom stereocenters. The molecule has 1 aliphatic heterocycles. The van der Waals surface area contributed by atoms with Crippen LogP contribution in [0.5, 0.6) is 0 Å². The summed E-state index contributed by atoms with van der Waals surface area (Å²) in [5.74, 6) is 0.617. The van der Waals surface area contributed by atoms with E-state index >= 15 is 0 Å². The quantitative estimate of drug-likeness (QED) is 0.0702. The Balaban J connectivity index is 0.896. The average Bonchev–Trinajstić information content (AvgIpc) is 3.86. The number of aromatic nitrogens is 7. The summed E-state index contributed by atoms with van der Waals surface area (Å²) in [5, 5.41) is 19.3. The lowest BCUT2D eigenvalue weighted by Crippen LogP contribution is -2.49. The summed E-state index contributed by atoms with van der Waals surface area (Å²) in [6.45, 7) is 6.59. The number of ether oxygens (including phenoxy) is 1. The number of carbonyl (C=O) groups excluding carboxylic acids is 2. The first kappa shape index (κ1) is 37.1. The van der Waals surface area contributed by atoms with Crippen LogP contribution in [0.2, 0.25) is 0 Å². The number of aromatic amines is 1. The van der Waals surface area contributed by atoms with Crippen molar-refractivity contribution < 1.29 is 14.3 Å². The Labute approximate surface area is 304 Å². The van der Waals surface area contributed by atoms with Crippen molar-refractivity contribution in [1.29, 1.82) is 0 Å². The molecule has 4 aromatic rings. The van der Waals surface area contributed by atoms with Crippen LogP contribution in [0.3, 0.4) is 0 Å². The van der Waals surface area contributed by atoms with Crippen LogP contribution in [0.25, 0.3) is 11.2 Å². The van der Waals surface area contributed by atoms with Crippen LogP contribution in [-0.2, 0) is 34.0 Å². The van der Waals surface area contributed by atoms with E-state index in [-0.39, 0.29) is 25.4 Å². The minimum absolute atomic E-state index is 0.0427. The average molecular weight is 716 g/mol. The first-order chi connectivity index (χ1) is 25.5. The van der Waals surface area contributed by atoms with Gasteiger partial charge in [0, 0.05) is 45.2 Å². The normalized spacial score (nSPS) is 15.9. The number of carbonyl (C=O) groups is 2. The van der Waals surface area contributed by atoms with E-state index in [9.17, 15) is 9.59 Å². The van der Waals surface area contributed by atoms with Gasteiger partial charge in [0.2, 0.25) is 11.9 Å².